The monoisotopic (exact) mass is 288 g/mol. The molecule has 0 spiro atoms. The number of hydrogen-bond donors (Lipinski definition) is 2. The van der Waals surface area contributed by atoms with Crippen LogP contribution in [0, 0.1) is 5.82 Å². The van der Waals surface area contributed by atoms with E-state index in [1.54, 1.807) is 12.1 Å². The molecule has 108 valence electrons. The molecule has 0 aromatic heterocycles. The van der Waals surface area contributed by atoms with Crippen LogP contribution >= 0.6 is 0 Å². The van der Waals surface area contributed by atoms with Gasteiger partial charge >= 0.3 is 0 Å². The fourth-order valence-corrected chi connectivity index (χ4v) is 1.65. The highest BCUT2D eigenvalue weighted by Gasteiger charge is 2.05. The number of carbonyl (C=O) groups excluding carboxylic acids is 1. The zero-order chi connectivity index (χ0) is 15.2. The van der Waals surface area contributed by atoms with E-state index in [-0.39, 0.29) is 11.3 Å². The van der Waals surface area contributed by atoms with Gasteiger partial charge in [-0.05, 0) is 42.0 Å². The predicted octanol–water partition coefficient (Wildman–Crippen LogP) is 2.30. The maximum absolute atomic E-state index is 13.0. The zero-order valence-corrected chi connectivity index (χ0v) is 11.2. The highest BCUT2D eigenvalue weighted by Crippen LogP contribution is 2.25. The summed E-state index contributed by atoms with van der Waals surface area (Å²) in [6, 6.07) is 9.96. The first-order chi connectivity index (χ1) is 10.1. The minimum atomic E-state index is -0.525. The Labute approximate surface area is 120 Å². The smallest absolute Gasteiger partial charge is 0.271 e. The van der Waals surface area contributed by atoms with Gasteiger partial charge in [-0.25, -0.2) is 9.82 Å². The fourth-order valence-electron chi connectivity index (χ4n) is 1.65. The van der Waals surface area contributed by atoms with Crippen molar-refractivity contribution in [3.63, 3.8) is 0 Å². The Bertz CT molecular complexity index is 686. The molecule has 6 heteroatoms. The number of nitrogens with one attached hydrogen (secondary N) is 1. The SMILES string of the molecule is COc1ccc(/C=N/NC(=O)c2cccc(F)c2)cc1O. The Hall–Kier alpha value is -2.89. The van der Waals surface area contributed by atoms with Gasteiger partial charge in [-0.15, -0.1) is 0 Å². The number of amides is 1. The number of hydrogen-bond acceptors (Lipinski definition) is 4. The molecule has 0 unspecified atom stereocenters. The van der Waals surface area contributed by atoms with E-state index >= 15 is 0 Å². The van der Waals surface area contributed by atoms with Crippen LogP contribution in [0.25, 0.3) is 0 Å². The van der Waals surface area contributed by atoms with Crippen LogP contribution in [0.5, 0.6) is 11.5 Å². The van der Waals surface area contributed by atoms with Gasteiger partial charge in [0.1, 0.15) is 5.82 Å². The largest absolute Gasteiger partial charge is 0.504 e. The molecular weight excluding hydrogens is 275 g/mol. The molecule has 0 atom stereocenters. The third-order valence-corrected chi connectivity index (χ3v) is 2.67. The molecule has 2 aromatic rings. The van der Waals surface area contributed by atoms with Crippen LogP contribution in [0.1, 0.15) is 15.9 Å². The van der Waals surface area contributed by atoms with Crippen molar-refractivity contribution in [2.24, 2.45) is 5.10 Å². The standard InChI is InChI=1S/C15H13FN2O3/c1-21-14-6-5-10(7-13(14)19)9-17-18-15(20)11-3-2-4-12(16)8-11/h2-9,19H,1H3,(H,18,20)/b17-9+. The molecule has 0 fully saturated rings. The number of phenolic OH excluding ortho intramolecular Hbond substituents is 1. The lowest BCUT2D eigenvalue weighted by Gasteiger charge is -2.03. The highest BCUT2D eigenvalue weighted by atomic mass is 19.1. The molecule has 0 aliphatic carbocycles. The molecule has 0 bridgehead atoms. The fraction of sp³-hybridized carbons (Fsp3) is 0.0667. The van der Waals surface area contributed by atoms with E-state index < -0.39 is 11.7 Å². The predicted molar refractivity (Wildman–Crippen MR) is 76.1 cm³/mol. The van der Waals surface area contributed by atoms with E-state index in [1.165, 1.54) is 37.6 Å². The molecule has 0 aliphatic rings. The highest BCUT2D eigenvalue weighted by molar-refractivity contribution is 5.94. The van der Waals surface area contributed by atoms with Crippen LogP contribution in [0.2, 0.25) is 0 Å². The number of methoxy groups -OCH3 is 1. The summed E-state index contributed by atoms with van der Waals surface area (Å²) in [7, 11) is 1.45. The number of ether oxygens (including phenoxy) is 1. The van der Waals surface area contributed by atoms with Crippen LogP contribution in [0.15, 0.2) is 47.6 Å². The summed E-state index contributed by atoms with van der Waals surface area (Å²) in [5.74, 6) is -0.705. The molecule has 0 saturated heterocycles. The van der Waals surface area contributed by atoms with Crippen molar-refractivity contribution >= 4 is 12.1 Å². The van der Waals surface area contributed by atoms with Crippen molar-refractivity contribution in [1.29, 1.82) is 0 Å². The third-order valence-electron chi connectivity index (χ3n) is 2.67. The van der Waals surface area contributed by atoms with Crippen LogP contribution in [-0.4, -0.2) is 24.3 Å². The first-order valence-corrected chi connectivity index (χ1v) is 6.06. The van der Waals surface area contributed by atoms with E-state index in [4.69, 9.17) is 4.74 Å². The summed E-state index contributed by atoms with van der Waals surface area (Å²) < 4.78 is 17.9. The molecule has 21 heavy (non-hydrogen) atoms. The van der Waals surface area contributed by atoms with Crippen molar-refractivity contribution in [2.75, 3.05) is 7.11 Å². The van der Waals surface area contributed by atoms with Crippen molar-refractivity contribution in [1.82, 2.24) is 5.43 Å². The minimum absolute atomic E-state index is 0.0297. The van der Waals surface area contributed by atoms with Gasteiger partial charge < -0.3 is 9.84 Å². The van der Waals surface area contributed by atoms with Crippen LogP contribution in [0.3, 0.4) is 0 Å². The number of benzene rings is 2. The maximum Gasteiger partial charge on any atom is 0.271 e. The Morgan fingerprint density at radius 2 is 2.14 bits per heavy atom. The third kappa shape index (κ3) is 3.79. The van der Waals surface area contributed by atoms with Gasteiger partial charge in [0.2, 0.25) is 0 Å². The van der Waals surface area contributed by atoms with Crippen molar-refractivity contribution in [2.45, 2.75) is 0 Å². The Morgan fingerprint density at radius 3 is 2.81 bits per heavy atom. The van der Waals surface area contributed by atoms with E-state index in [9.17, 15) is 14.3 Å². The number of halogens is 1. The van der Waals surface area contributed by atoms with Crippen LogP contribution in [-0.2, 0) is 0 Å². The number of rotatable bonds is 4. The summed E-state index contributed by atoms with van der Waals surface area (Å²) >= 11 is 0. The topological polar surface area (TPSA) is 70.9 Å². The van der Waals surface area contributed by atoms with E-state index in [0.717, 1.165) is 6.07 Å². The molecule has 0 heterocycles. The summed E-state index contributed by atoms with van der Waals surface area (Å²) in [5, 5.41) is 13.3. The van der Waals surface area contributed by atoms with Crippen LogP contribution < -0.4 is 10.2 Å². The van der Waals surface area contributed by atoms with E-state index in [0.29, 0.717) is 11.3 Å². The first-order valence-electron chi connectivity index (χ1n) is 6.06. The number of nitrogens with zero attached hydrogens (tertiary/aromatic N) is 1. The second-order valence-corrected chi connectivity index (χ2v) is 4.14. The van der Waals surface area contributed by atoms with Crippen molar-refractivity contribution in [3.05, 3.63) is 59.4 Å². The van der Waals surface area contributed by atoms with Gasteiger partial charge in [-0.2, -0.15) is 5.10 Å². The first kappa shape index (κ1) is 14.5. The van der Waals surface area contributed by atoms with Crippen molar-refractivity contribution < 1.29 is 19.0 Å². The summed E-state index contributed by atoms with van der Waals surface area (Å²) in [6.45, 7) is 0. The number of hydrazone groups is 1. The van der Waals surface area contributed by atoms with Crippen molar-refractivity contribution in [3.8, 4) is 11.5 Å². The molecule has 2 rings (SSSR count). The molecule has 0 radical (unpaired) electrons. The average molecular weight is 288 g/mol. The molecular formula is C15H13FN2O3. The van der Waals surface area contributed by atoms with Gasteiger partial charge in [0.25, 0.3) is 5.91 Å². The summed E-state index contributed by atoms with van der Waals surface area (Å²) in [6.07, 6.45) is 1.36. The van der Waals surface area contributed by atoms with Gasteiger partial charge in [0, 0.05) is 5.56 Å². The molecule has 1 amide bonds. The summed E-state index contributed by atoms with van der Waals surface area (Å²) in [5.41, 5.74) is 3.02. The van der Waals surface area contributed by atoms with Gasteiger partial charge in [0.05, 0.1) is 13.3 Å². The molecule has 0 saturated carbocycles. The number of phenols is 1. The van der Waals surface area contributed by atoms with Gasteiger partial charge in [-0.3, -0.25) is 4.79 Å². The number of carbonyl (C=O) groups is 1. The lowest BCUT2D eigenvalue weighted by molar-refractivity contribution is 0.0954. The quantitative estimate of drug-likeness (QED) is 0.670. The van der Waals surface area contributed by atoms with Gasteiger partial charge in [0.15, 0.2) is 11.5 Å². The van der Waals surface area contributed by atoms with E-state index in [2.05, 4.69) is 10.5 Å². The molecule has 0 aliphatic heterocycles. The normalized spacial score (nSPS) is 10.6. The van der Waals surface area contributed by atoms with Gasteiger partial charge in [-0.1, -0.05) is 6.07 Å². The minimum Gasteiger partial charge on any atom is -0.504 e. The van der Waals surface area contributed by atoms with E-state index in [1.807, 2.05) is 0 Å². The lowest BCUT2D eigenvalue weighted by Crippen LogP contribution is -2.17. The number of aromatic hydroxyl groups is 1. The molecule has 2 aromatic carbocycles. The second-order valence-electron chi connectivity index (χ2n) is 4.14. The molecule has 5 nitrogen and oxygen atoms in total. The molecule has 2 N–H and O–H groups in total. The summed E-state index contributed by atoms with van der Waals surface area (Å²) in [4.78, 5) is 11.7. The lowest BCUT2D eigenvalue weighted by atomic mass is 10.2. The Balaban J connectivity index is 2.02. The van der Waals surface area contributed by atoms with Crippen LogP contribution in [0.4, 0.5) is 4.39 Å². The zero-order valence-electron chi connectivity index (χ0n) is 11.2. The second kappa shape index (κ2) is 6.51. The Morgan fingerprint density at radius 1 is 1.33 bits per heavy atom. The Kier molecular flexibility index (Phi) is 4.50. The maximum atomic E-state index is 13.0. The average Bonchev–Trinajstić information content (AvgIpc) is 2.47.